The zero-order valence-corrected chi connectivity index (χ0v) is 7.24. The van der Waals surface area contributed by atoms with Crippen LogP contribution in [-0.2, 0) is 4.74 Å². The van der Waals surface area contributed by atoms with E-state index in [-0.39, 0.29) is 0 Å². The number of methoxy groups -OCH3 is 1. The highest BCUT2D eigenvalue weighted by Crippen LogP contribution is 1.96. The smallest absolute Gasteiger partial charge is 0.113 e. The van der Waals surface area contributed by atoms with Crippen LogP contribution in [0.25, 0.3) is 0 Å². The van der Waals surface area contributed by atoms with Crippen molar-refractivity contribution in [2.75, 3.05) is 13.7 Å². The molecule has 0 fully saturated rings. The van der Waals surface area contributed by atoms with Crippen molar-refractivity contribution in [2.24, 2.45) is 0 Å². The van der Waals surface area contributed by atoms with E-state index < -0.39 is 0 Å². The molecule has 1 rings (SSSR count). The Balaban J connectivity index is 2.72. The van der Waals surface area contributed by atoms with Gasteiger partial charge in [-0.25, -0.2) is 4.98 Å². The van der Waals surface area contributed by atoms with Crippen LogP contribution in [0, 0.1) is 23.2 Å². The van der Waals surface area contributed by atoms with Gasteiger partial charge in [0, 0.05) is 13.3 Å². The van der Waals surface area contributed by atoms with Crippen molar-refractivity contribution in [1.29, 1.82) is 5.26 Å². The second kappa shape index (κ2) is 4.92. The van der Waals surface area contributed by atoms with E-state index in [2.05, 4.69) is 16.8 Å². The highest BCUT2D eigenvalue weighted by atomic mass is 16.5. The molecule has 0 saturated heterocycles. The van der Waals surface area contributed by atoms with Crippen LogP contribution in [0.15, 0.2) is 18.3 Å². The van der Waals surface area contributed by atoms with Crippen molar-refractivity contribution in [3.05, 3.63) is 29.6 Å². The lowest BCUT2D eigenvalue weighted by Crippen LogP contribution is -1.85. The van der Waals surface area contributed by atoms with Crippen molar-refractivity contribution in [1.82, 2.24) is 4.98 Å². The highest BCUT2D eigenvalue weighted by molar-refractivity contribution is 5.33. The Bertz CT molecular complexity index is 365. The number of ether oxygens (including phenoxy) is 1. The van der Waals surface area contributed by atoms with E-state index >= 15 is 0 Å². The van der Waals surface area contributed by atoms with Gasteiger partial charge < -0.3 is 4.74 Å². The van der Waals surface area contributed by atoms with Crippen molar-refractivity contribution in [3.63, 3.8) is 0 Å². The molecule has 0 amide bonds. The van der Waals surface area contributed by atoms with Gasteiger partial charge in [-0.3, -0.25) is 0 Å². The summed E-state index contributed by atoms with van der Waals surface area (Å²) >= 11 is 0. The maximum absolute atomic E-state index is 8.50. The van der Waals surface area contributed by atoms with Gasteiger partial charge in [0.25, 0.3) is 0 Å². The van der Waals surface area contributed by atoms with Crippen LogP contribution in [0.1, 0.15) is 11.3 Å². The number of hydrogen-bond donors (Lipinski definition) is 0. The van der Waals surface area contributed by atoms with Crippen LogP contribution in [0.2, 0.25) is 0 Å². The minimum absolute atomic E-state index is 0.391. The molecule has 0 aliphatic rings. The molecule has 0 spiro atoms. The fourth-order valence-corrected chi connectivity index (χ4v) is 0.733. The van der Waals surface area contributed by atoms with Gasteiger partial charge in [-0.15, -0.1) is 0 Å². The molecule has 3 nitrogen and oxygen atoms in total. The Kier molecular flexibility index (Phi) is 3.50. The average molecular weight is 172 g/mol. The van der Waals surface area contributed by atoms with Gasteiger partial charge in [-0.1, -0.05) is 5.92 Å². The molecule has 0 bridgehead atoms. The summed E-state index contributed by atoms with van der Waals surface area (Å²) in [6, 6.07) is 5.38. The van der Waals surface area contributed by atoms with E-state index in [1.165, 1.54) is 6.20 Å². The van der Waals surface area contributed by atoms with E-state index in [1.807, 2.05) is 6.07 Å². The number of rotatable bonds is 1. The van der Waals surface area contributed by atoms with E-state index in [0.29, 0.717) is 17.9 Å². The Morgan fingerprint density at radius 2 is 2.38 bits per heavy atom. The molecule has 0 saturated carbocycles. The molecule has 0 unspecified atom stereocenters. The predicted molar refractivity (Wildman–Crippen MR) is 47.7 cm³/mol. The maximum atomic E-state index is 8.50. The fourth-order valence-electron chi connectivity index (χ4n) is 0.733. The molecule has 0 N–H and O–H groups in total. The van der Waals surface area contributed by atoms with E-state index in [1.54, 1.807) is 19.2 Å². The third kappa shape index (κ3) is 2.94. The molecule has 1 aromatic rings. The summed E-state index contributed by atoms with van der Waals surface area (Å²) in [4.78, 5) is 3.97. The van der Waals surface area contributed by atoms with Gasteiger partial charge in [0.1, 0.15) is 18.4 Å². The Morgan fingerprint density at radius 3 is 2.92 bits per heavy atom. The first-order valence-corrected chi connectivity index (χ1v) is 3.71. The normalized spacial score (nSPS) is 8.31. The first-order valence-electron chi connectivity index (χ1n) is 3.71. The summed E-state index contributed by atoms with van der Waals surface area (Å²) < 4.78 is 4.75. The number of aromatic nitrogens is 1. The molecule has 0 atom stereocenters. The molecule has 0 aromatic carbocycles. The van der Waals surface area contributed by atoms with Crippen LogP contribution < -0.4 is 0 Å². The lowest BCUT2D eigenvalue weighted by atomic mass is 10.3. The molecule has 64 valence electrons. The fraction of sp³-hybridized carbons (Fsp3) is 0.200. The quantitative estimate of drug-likeness (QED) is 0.592. The molecular weight excluding hydrogens is 164 g/mol. The number of nitriles is 1. The lowest BCUT2D eigenvalue weighted by Gasteiger charge is -1.88. The third-order valence-corrected chi connectivity index (χ3v) is 1.33. The van der Waals surface area contributed by atoms with Crippen molar-refractivity contribution < 1.29 is 4.74 Å². The van der Waals surface area contributed by atoms with Gasteiger partial charge in [-0.2, -0.15) is 5.26 Å². The Hall–Kier alpha value is -1.84. The zero-order chi connectivity index (χ0) is 9.52. The van der Waals surface area contributed by atoms with Crippen molar-refractivity contribution in [3.8, 4) is 17.9 Å². The predicted octanol–water partition coefficient (Wildman–Crippen LogP) is 0.951. The van der Waals surface area contributed by atoms with E-state index in [9.17, 15) is 0 Å². The zero-order valence-electron chi connectivity index (χ0n) is 7.24. The van der Waals surface area contributed by atoms with E-state index in [0.717, 1.165) is 0 Å². The standard InChI is InChI=1S/C10H8N2O/c1-13-6-2-3-10-5-4-9(7-11)8-12-10/h4-5,8H,6H2,1H3. The largest absolute Gasteiger partial charge is 0.372 e. The van der Waals surface area contributed by atoms with Gasteiger partial charge >= 0.3 is 0 Å². The lowest BCUT2D eigenvalue weighted by molar-refractivity contribution is 0.240. The first-order chi connectivity index (χ1) is 6.36. The molecule has 1 heterocycles. The van der Waals surface area contributed by atoms with Gasteiger partial charge in [0.15, 0.2) is 0 Å². The third-order valence-electron chi connectivity index (χ3n) is 1.33. The van der Waals surface area contributed by atoms with Gasteiger partial charge in [0.05, 0.1) is 5.56 Å². The first kappa shape index (κ1) is 9.25. The van der Waals surface area contributed by atoms with Crippen molar-refractivity contribution >= 4 is 0 Å². The molecule has 0 radical (unpaired) electrons. The SMILES string of the molecule is COCC#Cc1ccc(C#N)cn1. The van der Waals surface area contributed by atoms with Gasteiger partial charge in [0.2, 0.25) is 0 Å². The molecular formula is C10H8N2O. The Morgan fingerprint density at radius 1 is 1.54 bits per heavy atom. The summed E-state index contributed by atoms with van der Waals surface area (Å²) in [6.45, 7) is 0.391. The van der Waals surface area contributed by atoms with E-state index in [4.69, 9.17) is 10.00 Å². The Labute approximate surface area is 77.0 Å². The van der Waals surface area contributed by atoms with Crippen LogP contribution in [0.3, 0.4) is 0 Å². The minimum Gasteiger partial charge on any atom is -0.372 e. The molecule has 0 aliphatic carbocycles. The number of pyridine rings is 1. The highest BCUT2D eigenvalue weighted by Gasteiger charge is 1.89. The number of hydrogen-bond acceptors (Lipinski definition) is 3. The summed E-state index contributed by atoms with van der Waals surface area (Å²) in [5, 5.41) is 8.50. The molecule has 0 aliphatic heterocycles. The van der Waals surface area contributed by atoms with Crippen LogP contribution in [0.4, 0.5) is 0 Å². The second-order valence-corrected chi connectivity index (χ2v) is 2.28. The molecule has 13 heavy (non-hydrogen) atoms. The van der Waals surface area contributed by atoms with Gasteiger partial charge in [-0.05, 0) is 18.1 Å². The van der Waals surface area contributed by atoms with Crippen molar-refractivity contribution in [2.45, 2.75) is 0 Å². The summed E-state index contributed by atoms with van der Waals surface area (Å²) in [7, 11) is 1.58. The van der Waals surface area contributed by atoms with Crippen LogP contribution in [-0.4, -0.2) is 18.7 Å². The summed E-state index contributed by atoms with van der Waals surface area (Å²) in [5.74, 6) is 5.57. The summed E-state index contributed by atoms with van der Waals surface area (Å²) in [6.07, 6.45) is 1.50. The molecule has 1 aromatic heterocycles. The average Bonchev–Trinajstić information content (AvgIpc) is 2.19. The number of nitrogens with zero attached hydrogens (tertiary/aromatic N) is 2. The summed E-state index contributed by atoms with van der Waals surface area (Å²) in [5.41, 5.74) is 1.19. The maximum Gasteiger partial charge on any atom is 0.113 e. The topological polar surface area (TPSA) is 45.9 Å². The monoisotopic (exact) mass is 172 g/mol. The molecule has 3 heteroatoms. The second-order valence-electron chi connectivity index (χ2n) is 2.28. The van der Waals surface area contributed by atoms with Crippen LogP contribution >= 0.6 is 0 Å². The minimum atomic E-state index is 0.391. The van der Waals surface area contributed by atoms with Crippen LogP contribution in [0.5, 0.6) is 0 Å².